The first-order valence-electron chi connectivity index (χ1n) is 4.59. The van der Waals surface area contributed by atoms with E-state index in [2.05, 4.69) is 16.6 Å². The second-order valence-corrected chi connectivity index (χ2v) is 3.00. The Labute approximate surface area is 93.4 Å². The predicted molar refractivity (Wildman–Crippen MR) is 58.5 cm³/mol. The van der Waals surface area contributed by atoms with Gasteiger partial charge in [-0.25, -0.2) is 0 Å². The number of benzene rings is 1. The smallest absolute Gasteiger partial charge is 0.317 e. The lowest BCUT2D eigenvalue weighted by Gasteiger charge is -1.94. The molecule has 1 amide bonds. The normalized spacial score (nSPS) is 8.81. The minimum atomic E-state index is -0.478. The average molecular weight is 217 g/mol. The van der Waals surface area contributed by atoms with Gasteiger partial charge in [0, 0.05) is 11.1 Å². The quantitative estimate of drug-likeness (QED) is 0.585. The van der Waals surface area contributed by atoms with Gasteiger partial charge in [-0.3, -0.25) is 9.59 Å². The van der Waals surface area contributed by atoms with E-state index < -0.39 is 5.91 Å². The van der Waals surface area contributed by atoms with Crippen molar-refractivity contribution in [3.8, 4) is 11.8 Å². The number of hydrogen-bond donors (Lipinski definition) is 1. The van der Waals surface area contributed by atoms with E-state index in [1.807, 2.05) is 0 Å². The summed E-state index contributed by atoms with van der Waals surface area (Å²) >= 11 is 0. The van der Waals surface area contributed by atoms with E-state index in [1.54, 1.807) is 24.3 Å². The Balaban J connectivity index is 2.68. The summed E-state index contributed by atoms with van der Waals surface area (Å²) in [6, 6.07) is 6.52. The lowest BCUT2D eigenvalue weighted by atomic mass is 10.1. The Hall–Kier alpha value is -2.28. The fourth-order valence-electron chi connectivity index (χ4n) is 1.01. The summed E-state index contributed by atoms with van der Waals surface area (Å²) in [6.45, 7) is 0. The van der Waals surface area contributed by atoms with Crippen LogP contribution in [0.2, 0.25) is 0 Å². The van der Waals surface area contributed by atoms with Crippen LogP contribution < -0.4 is 5.73 Å². The van der Waals surface area contributed by atoms with E-state index >= 15 is 0 Å². The predicted octanol–water partition coefficient (Wildman–Crippen LogP) is 0.700. The first kappa shape index (κ1) is 11.8. The number of carbonyl (C=O) groups is 2. The van der Waals surface area contributed by atoms with Gasteiger partial charge in [-0.2, -0.15) is 0 Å². The summed E-state index contributed by atoms with van der Waals surface area (Å²) in [5.74, 6) is 4.58. The van der Waals surface area contributed by atoms with Gasteiger partial charge >= 0.3 is 5.97 Å². The number of primary amides is 1. The number of amides is 1. The molecule has 0 spiro atoms. The van der Waals surface area contributed by atoms with Crippen LogP contribution in [0.1, 0.15) is 22.3 Å². The summed E-state index contributed by atoms with van der Waals surface area (Å²) in [6.07, 6.45) is 0.0497. The molecule has 1 rings (SSSR count). The van der Waals surface area contributed by atoms with Gasteiger partial charge in [0.25, 0.3) is 0 Å². The third-order valence-electron chi connectivity index (χ3n) is 1.86. The summed E-state index contributed by atoms with van der Waals surface area (Å²) in [5, 5.41) is 0. The van der Waals surface area contributed by atoms with E-state index in [9.17, 15) is 9.59 Å². The van der Waals surface area contributed by atoms with Gasteiger partial charge in [-0.05, 0) is 24.3 Å². The fourth-order valence-corrected chi connectivity index (χ4v) is 1.01. The van der Waals surface area contributed by atoms with Crippen molar-refractivity contribution in [3.05, 3.63) is 35.4 Å². The Morgan fingerprint density at radius 1 is 1.31 bits per heavy atom. The van der Waals surface area contributed by atoms with Gasteiger partial charge < -0.3 is 10.5 Å². The molecule has 0 aliphatic rings. The van der Waals surface area contributed by atoms with Gasteiger partial charge in [0.05, 0.1) is 7.11 Å². The molecule has 0 aliphatic heterocycles. The highest BCUT2D eigenvalue weighted by Crippen LogP contribution is 2.02. The van der Waals surface area contributed by atoms with Crippen molar-refractivity contribution in [2.75, 3.05) is 7.11 Å². The van der Waals surface area contributed by atoms with Crippen LogP contribution in [0, 0.1) is 11.8 Å². The van der Waals surface area contributed by atoms with Crippen LogP contribution in [-0.2, 0) is 9.53 Å². The lowest BCUT2D eigenvalue weighted by Crippen LogP contribution is -2.10. The molecule has 0 fully saturated rings. The summed E-state index contributed by atoms with van der Waals surface area (Å²) in [7, 11) is 1.31. The molecule has 82 valence electrons. The number of carbonyl (C=O) groups excluding carboxylic acids is 2. The number of nitrogens with two attached hydrogens (primary N) is 1. The van der Waals surface area contributed by atoms with E-state index in [1.165, 1.54) is 7.11 Å². The Bertz CT molecular complexity index is 451. The zero-order valence-electron chi connectivity index (χ0n) is 8.82. The molecule has 1 aromatic rings. The van der Waals surface area contributed by atoms with Gasteiger partial charge in [-0.15, -0.1) is 0 Å². The number of methoxy groups -OCH3 is 1. The highest BCUT2D eigenvalue weighted by atomic mass is 16.5. The Morgan fingerprint density at radius 2 is 1.94 bits per heavy atom. The maximum atomic E-state index is 10.8. The monoisotopic (exact) mass is 217 g/mol. The summed E-state index contributed by atoms with van der Waals surface area (Å²) < 4.78 is 4.44. The molecule has 1 aromatic carbocycles. The van der Waals surface area contributed by atoms with Crippen LogP contribution >= 0.6 is 0 Å². The second kappa shape index (κ2) is 5.56. The molecular formula is C12H11NO3. The van der Waals surface area contributed by atoms with Gasteiger partial charge in [0.15, 0.2) is 0 Å². The van der Waals surface area contributed by atoms with Crippen LogP contribution in [-0.4, -0.2) is 19.0 Å². The number of hydrogen-bond acceptors (Lipinski definition) is 3. The Morgan fingerprint density at radius 3 is 2.44 bits per heavy atom. The van der Waals surface area contributed by atoms with Crippen molar-refractivity contribution >= 4 is 11.9 Å². The first-order valence-corrected chi connectivity index (χ1v) is 4.59. The van der Waals surface area contributed by atoms with Crippen LogP contribution in [0.4, 0.5) is 0 Å². The molecule has 0 bridgehead atoms. The van der Waals surface area contributed by atoms with E-state index in [-0.39, 0.29) is 12.4 Å². The van der Waals surface area contributed by atoms with Gasteiger partial charge in [-0.1, -0.05) is 11.8 Å². The van der Waals surface area contributed by atoms with Gasteiger partial charge in [0.1, 0.15) is 6.42 Å². The topological polar surface area (TPSA) is 69.4 Å². The SMILES string of the molecule is COC(=O)CC#Cc1ccc(C(N)=O)cc1. The van der Waals surface area contributed by atoms with E-state index in [0.29, 0.717) is 11.1 Å². The molecule has 0 saturated heterocycles. The first-order chi connectivity index (χ1) is 7.63. The molecule has 0 radical (unpaired) electrons. The molecule has 2 N–H and O–H groups in total. The van der Waals surface area contributed by atoms with Crippen molar-refractivity contribution in [3.63, 3.8) is 0 Å². The van der Waals surface area contributed by atoms with Crippen molar-refractivity contribution in [2.24, 2.45) is 5.73 Å². The van der Waals surface area contributed by atoms with Crippen molar-refractivity contribution in [1.82, 2.24) is 0 Å². The van der Waals surface area contributed by atoms with Crippen LogP contribution in [0.5, 0.6) is 0 Å². The molecule has 16 heavy (non-hydrogen) atoms. The molecule has 0 unspecified atom stereocenters. The third-order valence-corrected chi connectivity index (χ3v) is 1.86. The van der Waals surface area contributed by atoms with Crippen LogP contribution in [0.3, 0.4) is 0 Å². The highest BCUT2D eigenvalue weighted by Gasteiger charge is 1.98. The minimum Gasteiger partial charge on any atom is -0.468 e. The minimum absolute atomic E-state index is 0.0497. The molecule has 4 heteroatoms. The van der Waals surface area contributed by atoms with Crippen LogP contribution in [0.25, 0.3) is 0 Å². The Kier molecular flexibility index (Phi) is 4.10. The standard InChI is InChI=1S/C12H11NO3/c1-16-11(14)4-2-3-9-5-7-10(8-6-9)12(13)15/h5-8H,4H2,1H3,(H2,13,15). The summed E-state index contributed by atoms with van der Waals surface area (Å²) in [4.78, 5) is 21.5. The molecule has 0 saturated carbocycles. The molecular weight excluding hydrogens is 206 g/mol. The number of esters is 1. The zero-order chi connectivity index (χ0) is 12.0. The maximum absolute atomic E-state index is 10.8. The van der Waals surface area contributed by atoms with Crippen LogP contribution in [0.15, 0.2) is 24.3 Å². The number of ether oxygens (including phenoxy) is 1. The van der Waals surface area contributed by atoms with Gasteiger partial charge in [0.2, 0.25) is 5.91 Å². The molecule has 0 atom stereocenters. The lowest BCUT2D eigenvalue weighted by molar-refractivity contribution is -0.139. The second-order valence-electron chi connectivity index (χ2n) is 3.00. The van der Waals surface area contributed by atoms with E-state index in [4.69, 9.17) is 5.73 Å². The molecule has 0 aliphatic carbocycles. The summed E-state index contributed by atoms with van der Waals surface area (Å²) in [5.41, 5.74) is 6.23. The molecule has 0 aromatic heterocycles. The average Bonchev–Trinajstić information content (AvgIpc) is 2.29. The van der Waals surface area contributed by atoms with Crippen molar-refractivity contribution < 1.29 is 14.3 Å². The molecule has 0 heterocycles. The fraction of sp³-hybridized carbons (Fsp3) is 0.167. The zero-order valence-corrected chi connectivity index (χ0v) is 8.82. The maximum Gasteiger partial charge on any atom is 0.317 e. The largest absolute Gasteiger partial charge is 0.468 e. The molecule has 4 nitrogen and oxygen atoms in total. The van der Waals surface area contributed by atoms with Crippen molar-refractivity contribution in [1.29, 1.82) is 0 Å². The van der Waals surface area contributed by atoms with Crippen molar-refractivity contribution in [2.45, 2.75) is 6.42 Å². The van der Waals surface area contributed by atoms with E-state index in [0.717, 1.165) is 0 Å². The number of rotatable bonds is 2. The highest BCUT2D eigenvalue weighted by molar-refractivity contribution is 5.92. The third kappa shape index (κ3) is 3.46.